The molecular weight excluding hydrogens is 288 g/mol. The Kier molecular flexibility index (Phi) is 4.80. The second kappa shape index (κ2) is 6.58. The van der Waals surface area contributed by atoms with E-state index in [1.54, 1.807) is 23.5 Å². The highest BCUT2D eigenvalue weighted by atomic mass is 32.1. The van der Waals surface area contributed by atoms with Gasteiger partial charge in [-0.05, 0) is 48.7 Å². The second-order valence-electron chi connectivity index (χ2n) is 5.04. The molecule has 2 aromatic rings. The molecule has 112 valence electrons. The van der Waals surface area contributed by atoms with E-state index in [0.717, 1.165) is 5.69 Å². The lowest BCUT2D eigenvalue weighted by molar-refractivity contribution is -0.386. The van der Waals surface area contributed by atoms with Crippen LogP contribution in [-0.2, 0) is 6.54 Å². The molecule has 0 saturated heterocycles. The van der Waals surface area contributed by atoms with Gasteiger partial charge in [0.05, 0.1) is 11.0 Å². The van der Waals surface area contributed by atoms with Crippen LogP contribution in [0.3, 0.4) is 0 Å². The number of nitro groups is 1. The topological polar surface area (TPSA) is 64.4 Å². The van der Waals surface area contributed by atoms with Gasteiger partial charge in [-0.25, -0.2) is 0 Å². The lowest BCUT2D eigenvalue weighted by Gasteiger charge is -2.12. The second-order valence-corrected chi connectivity index (χ2v) is 5.78. The van der Waals surface area contributed by atoms with Gasteiger partial charge < -0.3 is 10.1 Å². The van der Waals surface area contributed by atoms with E-state index in [0.29, 0.717) is 12.3 Å². The molecule has 1 aromatic carbocycles. The Bertz CT molecular complexity index is 638. The van der Waals surface area contributed by atoms with Crippen molar-refractivity contribution in [3.63, 3.8) is 0 Å². The van der Waals surface area contributed by atoms with Crippen LogP contribution in [0.2, 0.25) is 0 Å². The zero-order valence-electron chi connectivity index (χ0n) is 12.3. The van der Waals surface area contributed by atoms with Gasteiger partial charge in [0.2, 0.25) is 0 Å². The van der Waals surface area contributed by atoms with Crippen molar-refractivity contribution in [2.24, 2.45) is 0 Å². The zero-order valence-corrected chi connectivity index (χ0v) is 13.1. The molecule has 1 N–H and O–H groups in total. The van der Waals surface area contributed by atoms with Crippen molar-refractivity contribution >= 4 is 22.7 Å². The first kappa shape index (κ1) is 15.3. The fraction of sp³-hybridized carbons (Fsp3) is 0.333. The van der Waals surface area contributed by atoms with Crippen LogP contribution in [-0.4, -0.2) is 11.0 Å². The standard InChI is InChI=1S/C15H18N2O3S/c1-10(2)20-15-6-13(4-5-14(15)17(18)19)16-7-12-9-21-8-11(12)3/h4-6,8-10,16H,7H2,1-3H3. The molecule has 0 aliphatic carbocycles. The molecule has 0 saturated carbocycles. The van der Waals surface area contributed by atoms with E-state index in [2.05, 4.69) is 23.0 Å². The van der Waals surface area contributed by atoms with Crippen LogP contribution in [0.4, 0.5) is 11.4 Å². The number of hydrogen-bond acceptors (Lipinski definition) is 5. The Morgan fingerprint density at radius 3 is 2.71 bits per heavy atom. The predicted molar refractivity (Wildman–Crippen MR) is 85.2 cm³/mol. The van der Waals surface area contributed by atoms with E-state index in [1.807, 2.05) is 13.8 Å². The van der Waals surface area contributed by atoms with E-state index in [1.165, 1.54) is 17.2 Å². The molecule has 0 spiro atoms. The van der Waals surface area contributed by atoms with Gasteiger partial charge >= 0.3 is 5.69 Å². The van der Waals surface area contributed by atoms with Gasteiger partial charge in [-0.2, -0.15) is 11.3 Å². The van der Waals surface area contributed by atoms with E-state index < -0.39 is 4.92 Å². The van der Waals surface area contributed by atoms with Crippen LogP contribution in [0.25, 0.3) is 0 Å². The Labute approximate surface area is 127 Å². The predicted octanol–water partition coefficient (Wildman–Crippen LogP) is 4.36. The van der Waals surface area contributed by atoms with Crippen molar-refractivity contribution in [2.75, 3.05) is 5.32 Å². The summed E-state index contributed by atoms with van der Waals surface area (Å²) in [7, 11) is 0. The third-order valence-corrected chi connectivity index (χ3v) is 3.87. The number of nitrogens with zero attached hydrogens (tertiary/aromatic N) is 1. The molecule has 0 amide bonds. The zero-order chi connectivity index (χ0) is 15.4. The summed E-state index contributed by atoms with van der Waals surface area (Å²) in [5.74, 6) is 0.294. The maximum atomic E-state index is 11.0. The van der Waals surface area contributed by atoms with Crippen molar-refractivity contribution in [1.82, 2.24) is 0 Å². The molecule has 0 aliphatic heterocycles. The quantitative estimate of drug-likeness (QED) is 0.636. The molecule has 0 atom stereocenters. The molecule has 6 heteroatoms. The molecule has 0 bridgehead atoms. The van der Waals surface area contributed by atoms with E-state index >= 15 is 0 Å². The minimum atomic E-state index is -0.426. The van der Waals surface area contributed by atoms with Crippen LogP contribution in [0, 0.1) is 17.0 Å². The van der Waals surface area contributed by atoms with Crippen molar-refractivity contribution in [2.45, 2.75) is 33.4 Å². The van der Waals surface area contributed by atoms with Gasteiger partial charge in [0.15, 0.2) is 5.75 Å². The summed E-state index contributed by atoms with van der Waals surface area (Å²) in [5.41, 5.74) is 3.26. The SMILES string of the molecule is Cc1cscc1CNc1ccc([N+](=O)[O-])c(OC(C)C)c1. The maximum Gasteiger partial charge on any atom is 0.311 e. The molecule has 0 radical (unpaired) electrons. The largest absolute Gasteiger partial charge is 0.484 e. The molecule has 1 heterocycles. The Morgan fingerprint density at radius 2 is 2.14 bits per heavy atom. The van der Waals surface area contributed by atoms with Crippen LogP contribution < -0.4 is 10.1 Å². The van der Waals surface area contributed by atoms with Crippen LogP contribution >= 0.6 is 11.3 Å². The van der Waals surface area contributed by atoms with Gasteiger partial charge in [-0.15, -0.1) is 0 Å². The number of aryl methyl sites for hydroxylation is 1. The molecule has 5 nitrogen and oxygen atoms in total. The number of ether oxygens (including phenoxy) is 1. The fourth-order valence-electron chi connectivity index (χ4n) is 1.89. The minimum Gasteiger partial charge on any atom is -0.484 e. The highest BCUT2D eigenvalue weighted by molar-refractivity contribution is 7.08. The molecule has 0 aliphatic rings. The van der Waals surface area contributed by atoms with E-state index in [9.17, 15) is 10.1 Å². The van der Waals surface area contributed by atoms with Crippen molar-refractivity contribution in [3.05, 3.63) is 50.2 Å². The van der Waals surface area contributed by atoms with Gasteiger partial charge in [-0.1, -0.05) is 0 Å². The molecular formula is C15H18N2O3S. The summed E-state index contributed by atoms with van der Waals surface area (Å²) in [4.78, 5) is 10.6. The summed E-state index contributed by atoms with van der Waals surface area (Å²) < 4.78 is 5.53. The lowest BCUT2D eigenvalue weighted by atomic mass is 10.2. The average Bonchev–Trinajstić information content (AvgIpc) is 2.81. The maximum absolute atomic E-state index is 11.0. The first-order valence-corrected chi connectivity index (χ1v) is 7.62. The highest BCUT2D eigenvalue weighted by Gasteiger charge is 2.16. The van der Waals surface area contributed by atoms with Gasteiger partial charge in [0.25, 0.3) is 0 Å². The first-order chi connectivity index (χ1) is 9.97. The summed E-state index contributed by atoms with van der Waals surface area (Å²) in [6, 6.07) is 4.85. The minimum absolute atomic E-state index is 0.0130. The molecule has 21 heavy (non-hydrogen) atoms. The lowest BCUT2D eigenvalue weighted by Crippen LogP contribution is -2.08. The smallest absolute Gasteiger partial charge is 0.311 e. The number of nitrogens with one attached hydrogen (secondary N) is 1. The number of thiophene rings is 1. The summed E-state index contributed by atoms with van der Waals surface area (Å²) in [5, 5.41) is 18.5. The number of nitro benzene ring substituents is 1. The third kappa shape index (κ3) is 3.95. The van der Waals surface area contributed by atoms with E-state index in [-0.39, 0.29) is 11.8 Å². The normalized spacial score (nSPS) is 10.7. The first-order valence-electron chi connectivity index (χ1n) is 6.68. The molecule has 1 aromatic heterocycles. The van der Waals surface area contributed by atoms with Crippen molar-refractivity contribution in [1.29, 1.82) is 0 Å². The molecule has 2 rings (SSSR count). The van der Waals surface area contributed by atoms with Crippen LogP contribution in [0.15, 0.2) is 29.0 Å². The monoisotopic (exact) mass is 306 g/mol. The summed E-state index contributed by atoms with van der Waals surface area (Å²) in [6.07, 6.45) is -0.113. The Balaban J connectivity index is 2.17. The third-order valence-electron chi connectivity index (χ3n) is 2.96. The number of hydrogen-bond donors (Lipinski definition) is 1. The number of anilines is 1. The molecule has 0 unspecified atom stereocenters. The highest BCUT2D eigenvalue weighted by Crippen LogP contribution is 2.31. The number of benzene rings is 1. The Morgan fingerprint density at radius 1 is 1.38 bits per heavy atom. The van der Waals surface area contributed by atoms with Crippen molar-refractivity contribution < 1.29 is 9.66 Å². The fourth-order valence-corrected chi connectivity index (χ4v) is 2.75. The van der Waals surface area contributed by atoms with Crippen LogP contribution in [0.5, 0.6) is 5.75 Å². The van der Waals surface area contributed by atoms with Gasteiger partial charge in [-0.3, -0.25) is 10.1 Å². The summed E-state index contributed by atoms with van der Waals surface area (Å²) >= 11 is 1.67. The van der Waals surface area contributed by atoms with Crippen LogP contribution in [0.1, 0.15) is 25.0 Å². The van der Waals surface area contributed by atoms with Gasteiger partial charge in [0.1, 0.15) is 0 Å². The average molecular weight is 306 g/mol. The molecule has 0 fully saturated rings. The van der Waals surface area contributed by atoms with E-state index in [4.69, 9.17) is 4.74 Å². The summed E-state index contributed by atoms with van der Waals surface area (Å²) in [6.45, 7) is 6.45. The Hall–Kier alpha value is -2.08. The number of rotatable bonds is 6. The van der Waals surface area contributed by atoms with Crippen molar-refractivity contribution in [3.8, 4) is 5.75 Å². The van der Waals surface area contributed by atoms with Gasteiger partial charge in [0, 0.05) is 24.4 Å².